The molecule has 0 aliphatic carbocycles. The summed E-state index contributed by atoms with van der Waals surface area (Å²) in [7, 11) is 5.67. The second kappa shape index (κ2) is 8.98. The van der Waals surface area contributed by atoms with Crippen LogP contribution in [0.15, 0.2) is 30.3 Å². The molecule has 1 rings (SSSR count). The molecule has 0 aliphatic heterocycles. The molecule has 12 heavy (non-hydrogen) atoms. The smallest absolute Gasteiger partial charge is 0.528 e. The second-order valence-electron chi connectivity index (χ2n) is 2.03. The fraction of sp³-hybridized carbons (Fsp3) is 0.100. The van der Waals surface area contributed by atoms with E-state index in [-0.39, 0.29) is 40.7 Å². The van der Waals surface area contributed by atoms with Crippen LogP contribution >= 0.6 is 0 Å². The number of hydrogen-bond acceptors (Lipinski definition) is 1. The van der Waals surface area contributed by atoms with Crippen molar-refractivity contribution in [3.05, 3.63) is 52.2 Å². The maximum Gasteiger partial charge on any atom is 4.00 e. The molecule has 0 N–H and O–H groups in total. The average molecular weight is 329 g/mol. The molecule has 64 valence electrons. The van der Waals surface area contributed by atoms with Gasteiger partial charge in [0.2, 0.25) is 0 Å². The van der Waals surface area contributed by atoms with Gasteiger partial charge in [0.25, 0.3) is 0 Å². The third-order valence-electron chi connectivity index (χ3n) is 1.20. The molecule has 0 aromatic heterocycles. The molecular weight excluding hydrogens is 313 g/mol. The van der Waals surface area contributed by atoms with Crippen molar-refractivity contribution >= 4 is 5.69 Å². The molecular formula is C10H16HfN+. The van der Waals surface area contributed by atoms with E-state index in [0.717, 1.165) is 5.69 Å². The molecule has 1 aromatic rings. The minimum absolute atomic E-state index is 0. The average Bonchev–Trinajstić information content (AvgIpc) is 1.90. The number of benzene rings is 1. The predicted molar refractivity (Wildman–Crippen MR) is 53.0 cm³/mol. The van der Waals surface area contributed by atoms with Crippen molar-refractivity contribution in [3.8, 4) is 0 Å². The van der Waals surface area contributed by atoms with Crippen LogP contribution in [0.3, 0.4) is 0 Å². The Hall–Kier alpha value is -0.110. The van der Waals surface area contributed by atoms with Crippen molar-refractivity contribution in [2.45, 2.75) is 0 Å². The van der Waals surface area contributed by atoms with Crippen molar-refractivity contribution in [2.24, 2.45) is 0 Å². The van der Waals surface area contributed by atoms with Crippen LogP contribution in [0.25, 0.3) is 0 Å². The maximum absolute atomic E-state index is 3.74. The van der Waals surface area contributed by atoms with Gasteiger partial charge in [-0.2, -0.15) is 0 Å². The Labute approximate surface area is 95.6 Å². The van der Waals surface area contributed by atoms with Crippen LogP contribution in [0.1, 0.15) is 0 Å². The molecule has 0 spiro atoms. The SMILES string of the molecule is [CH2-]N(C)c1ccccc1.[CH3-].[CH3-].[Hf+4]. The van der Waals surface area contributed by atoms with Crippen LogP contribution in [-0.2, 0) is 25.8 Å². The Kier molecular flexibility index (Phi) is 13.4. The van der Waals surface area contributed by atoms with E-state index in [0.29, 0.717) is 0 Å². The van der Waals surface area contributed by atoms with E-state index in [1.165, 1.54) is 0 Å². The van der Waals surface area contributed by atoms with Crippen LogP contribution in [0.4, 0.5) is 5.69 Å². The van der Waals surface area contributed by atoms with Crippen molar-refractivity contribution in [1.82, 2.24) is 0 Å². The Morgan fingerprint density at radius 3 is 1.75 bits per heavy atom. The van der Waals surface area contributed by atoms with E-state index in [4.69, 9.17) is 0 Å². The topological polar surface area (TPSA) is 3.24 Å². The molecule has 2 heteroatoms. The Bertz CT molecular complexity index is 172. The first-order valence-corrected chi connectivity index (χ1v) is 2.90. The van der Waals surface area contributed by atoms with Gasteiger partial charge in [0.1, 0.15) is 0 Å². The number of rotatable bonds is 1. The summed E-state index contributed by atoms with van der Waals surface area (Å²) in [5, 5.41) is 0. The summed E-state index contributed by atoms with van der Waals surface area (Å²) >= 11 is 0. The van der Waals surface area contributed by atoms with Gasteiger partial charge in [-0.3, -0.25) is 7.05 Å². The first-order chi connectivity index (χ1) is 4.30. The van der Waals surface area contributed by atoms with Crippen molar-refractivity contribution in [1.29, 1.82) is 0 Å². The predicted octanol–water partition coefficient (Wildman–Crippen LogP) is 2.81. The van der Waals surface area contributed by atoms with Crippen molar-refractivity contribution in [3.63, 3.8) is 0 Å². The van der Waals surface area contributed by atoms with E-state index in [1.54, 1.807) is 0 Å². The molecule has 0 saturated carbocycles. The standard InChI is InChI=1S/C8H10N.2CH3.Hf/c1-9(2)8-6-4-3-5-7-8;;;/h3-7H,1H2,2H3;2*1H3;/q3*-1;+4. The molecule has 0 amide bonds. The fourth-order valence-electron chi connectivity index (χ4n) is 0.682. The molecule has 0 bridgehead atoms. The van der Waals surface area contributed by atoms with E-state index in [9.17, 15) is 0 Å². The minimum atomic E-state index is 0. The zero-order valence-corrected chi connectivity index (χ0v) is 11.6. The summed E-state index contributed by atoms with van der Waals surface area (Å²) in [6, 6.07) is 10.0. The van der Waals surface area contributed by atoms with Crippen LogP contribution in [-0.4, -0.2) is 7.05 Å². The van der Waals surface area contributed by atoms with Crippen LogP contribution in [0.5, 0.6) is 0 Å². The minimum Gasteiger partial charge on any atom is -0.528 e. The summed E-state index contributed by atoms with van der Waals surface area (Å²) in [6.07, 6.45) is 0. The van der Waals surface area contributed by atoms with Crippen molar-refractivity contribution in [2.75, 3.05) is 11.9 Å². The molecule has 0 heterocycles. The number of hydrogen-bond donors (Lipinski definition) is 0. The van der Waals surface area contributed by atoms with Gasteiger partial charge in [-0.25, -0.2) is 0 Å². The zero-order valence-electron chi connectivity index (χ0n) is 8.04. The number of anilines is 1. The number of nitrogens with zero attached hydrogens (tertiary/aromatic N) is 1. The molecule has 0 unspecified atom stereocenters. The molecule has 0 radical (unpaired) electrons. The largest absolute Gasteiger partial charge is 4.00 e. The van der Waals surface area contributed by atoms with Crippen LogP contribution < -0.4 is 4.90 Å². The van der Waals surface area contributed by atoms with Crippen molar-refractivity contribution < 1.29 is 25.8 Å². The van der Waals surface area contributed by atoms with Gasteiger partial charge in [-0.1, -0.05) is 18.2 Å². The zero-order chi connectivity index (χ0) is 6.69. The molecule has 0 aliphatic rings. The van der Waals surface area contributed by atoms with Crippen LogP contribution in [0.2, 0.25) is 0 Å². The number of para-hydroxylation sites is 1. The maximum atomic E-state index is 3.74. The molecule has 0 saturated heterocycles. The van der Waals surface area contributed by atoms with Gasteiger partial charge in [-0.05, 0) is 19.2 Å². The first-order valence-electron chi connectivity index (χ1n) is 2.90. The van der Waals surface area contributed by atoms with E-state index in [1.807, 2.05) is 42.3 Å². The third kappa shape index (κ3) is 5.53. The first kappa shape index (κ1) is 17.8. The summed E-state index contributed by atoms with van der Waals surface area (Å²) in [4.78, 5) is 1.83. The van der Waals surface area contributed by atoms with Gasteiger partial charge in [0.15, 0.2) is 0 Å². The Morgan fingerprint density at radius 2 is 1.50 bits per heavy atom. The molecule has 0 fully saturated rings. The van der Waals surface area contributed by atoms with Gasteiger partial charge in [0, 0.05) is 5.69 Å². The van der Waals surface area contributed by atoms with Gasteiger partial charge in [-0.15, -0.1) is 0 Å². The van der Waals surface area contributed by atoms with E-state index >= 15 is 0 Å². The summed E-state index contributed by atoms with van der Waals surface area (Å²) in [5.41, 5.74) is 1.14. The monoisotopic (exact) mass is 330 g/mol. The van der Waals surface area contributed by atoms with Gasteiger partial charge >= 0.3 is 25.8 Å². The fourth-order valence-corrected chi connectivity index (χ4v) is 0.682. The summed E-state index contributed by atoms with van der Waals surface area (Å²) < 4.78 is 0. The molecule has 0 atom stereocenters. The Balaban J connectivity index is -0.000000270. The summed E-state index contributed by atoms with van der Waals surface area (Å²) in [6.45, 7) is 0. The molecule has 1 aromatic carbocycles. The quantitative estimate of drug-likeness (QED) is 0.566. The Morgan fingerprint density at radius 1 is 1.08 bits per heavy atom. The summed E-state index contributed by atoms with van der Waals surface area (Å²) in [5.74, 6) is 0. The van der Waals surface area contributed by atoms with E-state index in [2.05, 4.69) is 7.05 Å². The molecule has 1 nitrogen and oxygen atoms in total. The third-order valence-corrected chi connectivity index (χ3v) is 1.20. The van der Waals surface area contributed by atoms with E-state index < -0.39 is 0 Å². The van der Waals surface area contributed by atoms with Gasteiger partial charge in [0.05, 0.1) is 0 Å². The normalized spacial score (nSPS) is 6.83. The second-order valence-corrected chi connectivity index (χ2v) is 2.03. The van der Waals surface area contributed by atoms with Crippen LogP contribution in [0, 0.1) is 21.9 Å². The van der Waals surface area contributed by atoms with Gasteiger partial charge < -0.3 is 19.8 Å².